The fraction of sp³-hybridized carbons (Fsp3) is 0.519. The van der Waals surface area contributed by atoms with Crippen molar-refractivity contribution >= 4 is 5.91 Å². The van der Waals surface area contributed by atoms with Gasteiger partial charge in [0, 0.05) is 57.6 Å². The number of hydrogen-bond acceptors (Lipinski definition) is 6. The normalized spacial score (nSPS) is 17.9. The number of piperidine rings is 1. The minimum Gasteiger partial charge on any atom is -0.489 e. The Morgan fingerprint density at radius 2 is 1.76 bits per heavy atom. The molecular formula is C27H37N3O4. The predicted molar refractivity (Wildman–Crippen MR) is 132 cm³/mol. The van der Waals surface area contributed by atoms with Crippen molar-refractivity contribution in [2.24, 2.45) is 0 Å². The van der Waals surface area contributed by atoms with Gasteiger partial charge in [0.05, 0.1) is 19.8 Å². The minimum absolute atomic E-state index is 0.130. The van der Waals surface area contributed by atoms with Gasteiger partial charge in [0.1, 0.15) is 12.4 Å². The molecule has 2 aromatic rings. The van der Waals surface area contributed by atoms with Crippen molar-refractivity contribution in [1.29, 1.82) is 0 Å². The molecule has 1 fully saturated rings. The highest BCUT2D eigenvalue weighted by molar-refractivity contribution is 5.99. The minimum atomic E-state index is 0.130. The van der Waals surface area contributed by atoms with Gasteiger partial charge in [-0.1, -0.05) is 30.3 Å². The number of carbonyl (C=O) groups excluding carboxylic acids is 1. The number of methoxy groups -OCH3 is 2. The molecule has 0 aromatic heterocycles. The third-order valence-corrected chi connectivity index (χ3v) is 6.71. The first-order chi connectivity index (χ1) is 16.7. The number of carbonyl (C=O) groups is 1. The monoisotopic (exact) mass is 467 g/mol. The van der Waals surface area contributed by atoms with Crippen LogP contribution in [0.1, 0.15) is 39.9 Å². The lowest BCUT2D eigenvalue weighted by molar-refractivity contribution is 0.0674. The molecule has 34 heavy (non-hydrogen) atoms. The summed E-state index contributed by atoms with van der Waals surface area (Å²) in [6, 6.07) is 14.6. The Morgan fingerprint density at radius 1 is 1.03 bits per heavy atom. The first-order valence-electron chi connectivity index (χ1n) is 12.2. The van der Waals surface area contributed by atoms with Gasteiger partial charge in [-0.3, -0.25) is 9.69 Å². The summed E-state index contributed by atoms with van der Waals surface area (Å²) in [6.07, 6.45) is 2.17. The van der Waals surface area contributed by atoms with Gasteiger partial charge in [0.25, 0.3) is 5.91 Å². The Hall–Kier alpha value is -2.45. The molecule has 1 atom stereocenters. The SMILES string of the molecule is COCCN(CCOC)Cc1ccc(COc2cccc3c2CN(C2CCCNC2)C3=O)cc1. The molecular weight excluding hydrogens is 430 g/mol. The number of benzene rings is 2. The van der Waals surface area contributed by atoms with Crippen molar-refractivity contribution in [1.82, 2.24) is 15.1 Å². The van der Waals surface area contributed by atoms with E-state index in [2.05, 4.69) is 34.5 Å². The van der Waals surface area contributed by atoms with Crippen LogP contribution in [-0.2, 0) is 29.2 Å². The zero-order chi connectivity index (χ0) is 23.8. The molecule has 2 heterocycles. The van der Waals surface area contributed by atoms with Gasteiger partial charge in [0.2, 0.25) is 0 Å². The number of hydrogen-bond donors (Lipinski definition) is 1. The van der Waals surface area contributed by atoms with Crippen LogP contribution in [0.3, 0.4) is 0 Å². The lowest BCUT2D eigenvalue weighted by Crippen LogP contribution is -2.46. The zero-order valence-corrected chi connectivity index (χ0v) is 20.4. The van der Waals surface area contributed by atoms with E-state index in [1.54, 1.807) is 14.2 Å². The van der Waals surface area contributed by atoms with Crippen LogP contribution in [0.2, 0.25) is 0 Å². The molecule has 1 N–H and O–H groups in total. The molecule has 184 valence electrons. The van der Waals surface area contributed by atoms with Gasteiger partial charge < -0.3 is 24.4 Å². The first kappa shape index (κ1) is 24.7. The fourth-order valence-electron chi connectivity index (χ4n) is 4.73. The summed E-state index contributed by atoms with van der Waals surface area (Å²) in [7, 11) is 3.46. The van der Waals surface area contributed by atoms with Crippen molar-refractivity contribution in [3.8, 4) is 5.75 Å². The summed E-state index contributed by atoms with van der Waals surface area (Å²) < 4.78 is 16.7. The third-order valence-electron chi connectivity index (χ3n) is 6.71. The van der Waals surface area contributed by atoms with Crippen LogP contribution >= 0.6 is 0 Å². The van der Waals surface area contributed by atoms with Crippen LogP contribution in [-0.4, -0.2) is 75.4 Å². The van der Waals surface area contributed by atoms with Gasteiger partial charge >= 0.3 is 0 Å². The van der Waals surface area contributed by atoms with Gasteiger partial charge in [-0.15, -0.1) is 0 Å². The van der Waals surface area contributed by atoms with E-state index in [0.717, 1.165) is 68.0 Å². The maximum atomic E-state index is 13.0. The Kier molecular flexibility index (Phi) is 8.93. The maximum Gasteiger partial charge on any atom is 0.254 e. The second-order valence-electron chi connectivity index (χ2n) is 9.08. The average Bonchev–Trinajstić information content (AvgIpc) is 3.22. The average molecular weight is 468 g/mol. The number of fused-ring (bicyclic) bond motifs is 1. The summed E-state index contributed by atoms with van der Waals surface area (Å²) in [6.45, 7) is 7.03. The van der Waals surface area contributed by atoms with Crippen LogP contribution in [0, 0.1) is 0 Å². The quantitative estimate of drug-likeness (QED) is 0.518. The van der Waals surface area contributed by atoms with Gasteiger partial charge in [-0.05, 0) is 42.6 Å². The molecule has 1 amide bonds. The van der Waals surface area contributed by atoms with Crippen molar-refractivity contribution in [2.45, 2.75) is 38.6 Å². The van der Waals surface area contributed by atoms with E-state index in [1.165, 1.54) is 5.56 Å². The van der Waals surface area contributed by atoms with Crippen molar-refractivity contribution in [3.05, 3.63) is 64.7 Å². The molecule has 7 heteroatoms. The maximum absolute atomic E-state index is 13.0. The second-order valence-corrected chi connectivity index (χ2v) is 9.08. The number of nitrogens with one attached hydrogen (secondary N) is 1. The first-order valence-corrected chi connectivity index (χ1v) is 12.2. The van der Waals surface area contributed by atoms with E-state index >= 15 is 0 Å². The van der Waals surface area contributed by atoms with E-state index in [9.17, 15) is 4.79 Å². The Labute approximate surface area is 203 Å². The number of nitrogens with zero attached hydrogens (tertiary/aromatic N) is 2. The van der Waals surface area contributed by atoms with E-state index in [1.807, 2.05) is 23.1 Å². The van der Waals surface area contributed by atoms with Gasteiger partial charge in [0.15, 0.2) is 0 Å². The number of rotatable bonds is 12. The lowest BCUT2D eigenvalue weighted by atomic mass is 10.1. The van der Waals surface area contributed by atoms with Gasteiger partial charge in [-0.2, -0.15) is 0 Å². The molecule has 0 bridgehead atoms. The second kappa shape index (κ2) is 12.3. The highest BCUT2D eigenvalue weighted by atomic mass is 16.5. The summed E-state index contributed by atoms with van der Waals surface area (Å²) in [4.78, 5) is 17.3. The summed E-state index contributed by atoms with van der Waals surface area (Å²) in [5, 5.41) is 3.42. The van der Waals surface area contributed by atoms with E-state index in [4.69, 9.17) is 14.2 Å². The molecule has 0 aliphatic carbocycles. The Morgan fingerprint density at radius 3 is 2.44 bits per heavy atom. The van der Waals surface area contributed by atoms with Crippen LogP contribution in [0.4, 0.5) is 0 Å². The highest BCUT2D eigenvalue weighted by Gasteiger charge is 2.35. The van der Waals surface area contributed by atoms with Crippen LogP contribution in [0.25, 0.3) is 0 Å². The molecule has 0 spiro atoms. The molecule has 0 saturated carbocycles. The number of ether oxygens (including phenoxy) is 3. The molecule has 2 aromatic carbocycles. The molecule has 7 nitrogen and oxygen atoms in total. The van der Waals surface area contributed by atoms with Crippen LogP contribution in [0.15, 0.2) is 42.5 Å². The topological polar surface area (TPSA) is 63.3 Å². The fourth-order valence-corrected chi connectivity index (χ4v) is 4.73. The van der Waals surface area contributed by atoms with Crippen molar-refractivity contribution in [2.75, 3.05) is 53.6 Å². The summed E-state index contributed by atoms with van der Waals surface area (Å²) >= 11 is 0. The van der Waals surface area contributed by atoms with Crippen LogP contribution in [0.5, 0.6) is 5.75 Å². The molecule has 1 saturated heterocycles. The standard InChI is InChI=1S/C27H37N3O4/c1-32-15-13-29(14-16-33-2)18-21-8-10-22(11-9-21)20-34-26-7-3-6-24-25(26)19-30(27(24)31)23-5-4-12-28-17-23/h3,6-11,23,28H,4-5,12-20H2,1-2H3. The van der Waals surface area contributed by atoms with E-state index < -0.39 is 0 Å². The third kappa shape index (κ3) is 6.16. The Bertz CT molecular complexity index is 920. The van der Waals surface area contributed by atoms with E-state index in [-0.39, 0.29) is 11.9 Å². The molecule has 1 unspecified atom stereocenters. The predicted octanol–water partition coefficient (Wildman–Crippen LogP) is 3.07. The Balaban J connectivity index is 1.35. The van der Waals surface area contributed by atoms with Gasteiger partial charge in [-0.25, -0.2) is 0 Å². The largest absolute Gasteiger partial charge is 0.489 e. The molecule has 0 radical (unpaired) electrons. The molecule has 2 aliphatic heterocycles. The molecule has 4 rings (SSSR count). The molecule has 2 aliphatic rings. The van der Waals surface area contributed by atoms with Crippen molar-refractivity contribution in [3.63, 3.8) is 0 Å². The summed E-state index contributed by atoms with van der Waals surface area (Å²) in [5.74, 6) is 0.941. The highest BCUT2D eigenvalue weighted by Crippen LogP contribution is 2.33. The number of amides is 1. The summed E-state index contributed by atoms with van der Waals surface area (Å²) in [5.41, 5.74) is 4.16. The zero-order valence-electron chi connectivity index (χ0n) is 20.4. The lowest BCUT2D eigenvalue weighted by Gasteiger charge is -2.31. The van der Waals surface area contributed by atoms with Crippen molar-refractivity contribution < 1.29 is 19.0 Å². The van der Waals surface area contributed by atoms with Crippen LogP contribution < -0.4 is 10.1 Å². The van der Waals surface area contributed by atoms with E-state index in [0.29, 0.717) is 26.4 Å². The smallest absolute Gasteiger partial charge is 0.254 e.